The van der Waals surface area contributed by atoms with Crippen molar-refractivity contribution in [3.8, 4) is 0 Å². The van der Waals surface area contributed by atoms with Crippen LogP contribution in [0.4, 0.5) is 0 Å². The molecule has 0 fully saturated rings. The van der Waals surface area contributed by atoms with Crippen molar-refractivity contribution in [2.75, 3.05) is 13.1 Å². The number of hydrogen-bond donors (Lipinski definition) is 0. The molecule has 0 aliphatic carbocycles. The second-order valence-corrected chi connectivity index (χ2v) is 3.00. The Hall–Kier alpha value is -1.45. The summed E-state index contributed by atoms with van der Waals surface area (Å²) in [5.74, 6) is 0.677. The Bertz CT molecular complexity index is 304. The fourth-order valence-corrected chi connectivity index (χ4v) is 1.20. The zero-order chi connectivity index (χ0) is 10.6. The molecule has 0 aliphatic rings. The lowest BCUT2D eigenvalue weighted by Crippen LogP contribution is -2.30. The third-order valence-corrected chi connectivity index (χ3v) is 2.08. The van der Waals surface area contributed by atoms with Gasteiger partial charge in [-0.05, 0) is 20.8 Å². The number of hydrogen-bond acceptors (Lipinski definition) is 3. The van der Waals surface area contributed by atoms with Gasteiger partial charge in [0, 0.05) is 25.5 Å². The summed E-state index contributed by atoms with van der Waals surface area (Å²) in [6.45, 7) is 7.13. The van der Waals surface area contributed by atoms with Gasteiger partial charge in [0.05, 0.1) is 5.56 Å². The fourth-order valence-electron chi connectivity index (χ4n) is 1.20. The van der Waals surface area contributed by atoms with E-state index in [2.05, 4.69) is 9.97 Å². The molecule has 4 nitrogen and oxygen atoms in total. The Morgan fingerprint density at radius 3 is 2.21 bits per heavy atom. The van der Waals surface area contributed by atoms with E-state index >= 15 is 0 Å². The Balaban J connectivity index is 2.83. The number of carbonyl (C=O) groups is 1. The van der Waals surface area contributed by atoms with Crippen LogP contribution in [-0.2, 0) is 0 Å². The molecule has 14 heavy (non-hydrogen) atoms. The molecule has 0 atom stereocenters. The van der Waals surface area contributed by atoms with Crippen LogP contribution in [0.15, 0.2) is 12.4 Å². The average molecular weight is 193 g/mol. The van der Waals surface area contributed by atoms with E-state index in [0.717, 1.165) is 0 Å². The number of rotatable bonds is 3. The van der Waals surface area contributed by atoms with Crippen molar-refractivity contribution in [2.45, 2.75) is 20.8 Å². The summed E-state index contributed by atoms with van der Waals surface area (Å²) < 4.78 is 0. The lowest BCUT2D eigenvalue weighted by Gasteiger charge is -2.17. The molecule has 0 aromatic carbocycles. The minimum absolute atomic E-state index is 0.00463. The number of aryl methyl sites for hydroxylation is 1. The first-order valence-corrected chi connectivity index (χ1v) is 4.77. The smallest absolute Gasteiger partial charge is 0.256 e. The number of aromatic nitrogens is 2. The van der Waals surface area contributed by atoms with Crippen LogP contribution < -0.4 is 0 Å². The number of amides is 1. The van der Waals surface area contributed by atoms with Gasteiger partial charge in [0.2, 0.25) is 0 Å². The second kappa shape index (κ2) is 4.69. The molecule has 0 aliphatic heterocycles. The van der Waals surface area contributed by atoms with Gasteiger partial charge in [0.15, 0.2) is 0 Å². The number of nitrogens with zero attached hydrogens (tertiary/aromatic N) is 3. The van der Waals surface area contributed by atoms with Crippen LogP contribution in [0.1, 0.15) is 30.0 Å². The normalized spacial score (nSPS) is 9.93. The van der Waals surface area contributed by atoms with Gasteiger partial charge in [-0.2, -0.15) is 0 Å². The highest BCUT2D eigenvalue weighted by Gasteiger charge is 2.12. The topological polar surface area (TPSA) is 46.1 Å². The standard InChI is InChI=1S/C10H15N3O/c1-4-13(5-2)10(14)9-6-11-8(3)12-7-9/h6-7H,4-5H2,1-3H3. The van der Waals surface area contributed by atoms with Crippen molar-refractivity contribution < 1.29 is 4.79 Å². The van der Waals surface area contributed by atoms with Gasteiger partial charge >= 0.3 is 0 Å². The summed E-state index contributed by atoms with van der Waals surface area (Å²) in [6, 6.07) is 0. The van der Waals surface area contributed by atoms with Crippen molar-refractivity contribution in [1.82, 2.24) is 14.9 Å². The molecule has 1 aromatic heterocycles. The molecule has 4 heteroatoms. The summed E-state index contributed by atoms with van der Waals surface area (Å²) in [6.07, 6.45) is 3.14. The van der Waals surface area contributed by atoms with Gasteiger partial charge in [0.25, 0.3) is 5.91 Å². The van der Waals surface area contributed by atoms with E-state index < -0.39 is 0 Å². The van der Waals surface area contributed by atoms with Crippen LogP contribution in [0.25, 0.3) is 0 Å². The van der Waals surface area contributed by atoms with E-state index in [1.165, 1.54) is 0 Å². The lowest BCUT2D eigenvalue weighted by molar-refractivity contribution is 0.0772. The van der Waals surface area contributed by atoms with Crippen LogP contribution in [0.5, 0.6) is 0 Å². The molecule has 0 saturated carbocycles. The van der Waals surface area contributed by atoms with E-state index in [9.17, 15) is 4.79 Å². The SMILES string of the molecule is CCN(CC)C(=O)c1cnc(C)nc1. The minimum Gasteiger partial charge on any atom is -0.339 e. The van der Waals surface area contributed by atoms with Crippen molar-refractivity contribution in [2.24, 2.45) is 0 Å². The first-order chi connectivity index (χ1) is 6.69. The van der Waals surface area contributed by atoms with E-state index in [1.807, 2.05) is 13.8 Å². The first-order valence-electron chi connectivity index (χ1n) is 4.77. The predicted molar refractivity (Wildman–Crippen MR) is 54.0 cm³/mol. The van der Waals surface area contributed by atoms with Crippen LogP contribution in [0.2, 0.25) is 0 Å². The van der Waals surface area contributed by atoms with Crippen LogP contribution >= 0.6 is 0 Å². The molecule has 1 rings (SSSR count). The third-order valence-electron chi connectivity index (χ3n) is 2.08. The Labute approximate surface area is 84.0 Å². The molecule has 76 valence electrons. The average Bonchev–Trinajstić information content (AvgIpc) is 2.20. The molecule has 0 saturated heterocycles. The number of carbonyl (C=O) groups excluding carboxylic acids is 1. The molecule has 0 N–H and O–H groups in total. The van der Waals surface area contributed by atoms with Gasteiger partial charge in [0.1, 0.15) is 5.82 Å². The Morgan fingerprint density at radius 1 is 1.29 bits per heavy atom. The van der Waals surface area contributed by atoms with E-state index in [4.69, 9.17) is 0 Å². The highest BCUT2D eigenvalue weighted by atomic mass is 16.2. The zero-order valence-corrected chi connectivity index (χ0v) is 8.82. The largest absolute Gasteiger partial charge is 0.339 e. The summed E-state index contributed by atoms with van der Waals surface area (Å²) in [4.78, 5) is 21.5. The van der Waals surface area contributed by atoms with Gasteiger partial charge < -0.3 is 4.90 Å². The Kier molecular flexibility index (Phi) is 3.56. The van der Waals surface area contributed by atoms with E-state index in [0.29, 0.717) is 24.5 Å². The van der Waals surface area contributed by atoms with Gasteiger partial charge in [-0.15, -0.1) is 0 Å². The van der Waals surface area contributed by atoms with Crippen LogP contribution in [-0.4, -0.2) is 33.9 Å². The maximum Gasteiger partial charge on any atom is 0.256 e. The van der Waals surface area contributed by atoms with Crippen molar-refractivity contribution in [3.63, 3.8) is 0 Å². The summed E-state index contributed by atoms with van der Waals surface area (Å²) in [5.41, 5.74) is 0.555. The molecule has 1 amide bonds. The van der Waals surface area contributed by atoms with Crippen molar-refractivity contribution in [3.05, 3.63) is 23.8 Å². The molecule has 1 aromatic rings. The summed E-state index contributed by atoms with van der Waals surface area (Å²) in [5, 5.41) is 0. The third kappa shape index (κ3) is 2.28. The highest BCUT2D eigenvalue weighted by Crippen LogP contribution is 2.01. The summed E-state index contributed by atoms with van der Waals surface area (Å²) in [7, 11) is 0. The molecule has 0 unspecified atom stereocenters. The zero-order valence-electron chi connectivity index (χ0n) is 8.82. The van der Waals surface area contributed by atoms with E-state index in [-0.39, 0.29) is 5.91 Å². The monoisotopic (exact) mass is 193 g/mol. The highest BCUT2D eigenvalue weighted by molar-refractivity contribution is 5.93. The lowest BCUT2D eigenvalue weighted by atomic mass is 10.3. The van der Waals surface area contributed by atoms with E-state index in [1.54, 1.807) is 24.2 Å². The van der Waals surface area contributed by atoms with Crippen molar-refractivity contribution in [1.29, 1.82) is 0 Å². The fraction of sp³-hybridized carbons (Fsp3) is 0.500. The molecule has 1 heterocycles. The molecule has 0 spiro atoms. The first kappa shape index (κ1) is 10.6. The van der Waals surface area contributed by atoms with Crippen molar-refractivity contribution >= 4 is 5.91 Å². The van der Waals surface area contributed by atoms with Crippen LogP contribution in [0.3, 0.4) is 0 Å². The molecular weight excluding hydrogens is 178 g/mol. The second-order valence-electron chi connectivity index (χ2n) is 3.00. The molecule has 0 radical (unpaired) electrons. The van der Waals surface area contributed by atoms with Crippen LogP contribution in [0, 0.1) is 6.92 Å². The predicted octanol–water partition coefficient (Wildman–Crippen LogP) is 1.27. The Morgan fingerprint density at radius 2 is 1.79 bits per heavy atom. The maximum absolute atomic E-state index is 11.8. The summed E-state index contributed by atoms with van der Waals surface area (Å²) >= 11 is 0. The van der Waals surface area contributed by atoms with Gasteiger partial charge in [-0.3, -0.25) is 4.79 Å². The molecular formula is C10H15N3O. The molecule has 0 bridgehead atoms. The van der Waals surface area contributed by atoms with Gasteiger partial charge in [-0.25, -0.2) is 9.97 Å². The minimum atomic E-state index is -0.00463. The quantitative estimate of drug-likeness (QED) is 0.726. The van der Waals surface area contributed by atoms with Gasteiger partial charge in [-0.1, -0.05) is 0 Å². The maximum atomic E-state index is 11.8.